The van der Waals surface area contributed by atoms with Crippen LogP contribution < -0.4 is 15.5 Å². The molecule has 0 bridgehead atoms. The van der Waals surface area contributed by atoms with Gasteiger partial charge in [-0.3, -0.25) is 0 Å². The highest BCUT2D eigenvalue weighted by Crippen LogP contribution is 2.19. The Kier molecular flexibility index (Phi) is 6.63. The second-order valence-corrected chi connectivity index (χ2v) is 6.77. The molecular formula is C22H26F2N4. The Hall–Kier alpha value is -2.89. The van der Waals surface area contributed by atoms with Crippen molar-refractivity contribution in [3.63, 3.8) is 0 Å². The fourth-order valence-electron chi connectivity index (χ4n) is 3.13. The van der Waals surface area contributed by atoms with E-state index in [0.29, 0.717) is 24.6 Å². The van der Waals surface area contributed by atoms with Gasteiger partial charge in [0.25, 0.3) is 0 Å². The first-order chi connectivity index (χ1) is 13.6. The number of nitrogens with one attached hydrogen (secondary N) is 2. The van der Waals surface area contributed by atoms with Crippen LogP contribution >= 0.6 is 0 Å². The molecule has 0 spiro atoms. The van der Waals surface area contributed by atoms with Gasteiger partial charge in [0.1, 0.15) is 11.6 Å². The van der Waals surface area contributed by atoms with Crippen molar-refractivity contribution in [2.75, 3.05) is 24.5 Å². The highest BCUT2D eigenvalue weighted by atomic mass is 19.1. The van der Waals surface area contributed by atoms with Crippen molar-refractivity contribution < 1.29 is 8.78 Å². The van der Waals surface area contributed by atoms with Gasteiger partial charge in [-0.15, -0.1) is 0 Å². The average Bonchev–Trinajstić information content (AvgIpc) is 3.21. The van der Waals surface area contributed by atoms with Crippen LogP contribution in [0.3, 0.4) is 0 Å². The lowest BCUT2D eigenvalue weighted by Crippen LogP contribution is -2.39. The number of anilines is 1. The summed E-state index contributed by atoms with van der Waals surface area (Å²) in [6.45, 7) is 6.88. The third-order valence-corrected chi connectivity index (χ3v) is 4.67. The summed E-state index contributed by atoms with van der Waals surface area (Å²) in [6.07, 6.45) is 4.33. The van der Waals surface area contributed by atoms with Crippen molar-refractivity contribution in [1.29, 1.82) is 0 Å². The number of benzene rings is 2. The molecule has 2 aromatic rings. The van der Waals surface area contributed by atoms with Crippen LogP contribution in [0.25, 0.3) is 0 Å². The third-order valence-electron chi connectivity index (χ3n) is 4.67. The largest absolute Gasteiger partial charge is 0.364 e. The molecule has 2 N–H and O–H groups in total. The number of aliphatic imine (C=N–C) groups is 1. The summed E-state index contributed by atoms with van der Waals surface area (Å²) < 4.78 is 27.1. The molecule has 148 valence electrons. The molecule has 0 saturated heterocycles. The summed E-state index contributed by atoms with van der Waals surface area (Å²) >= 11 is 0. The second-order valence-electron chi connectivity index (χ2n) is 6.77. The zero-order chi connectivity index (χ0) is 19.9. The molecule has 0 amide bonds. The lowest BCUT2D eigenvalue weighted by Gasteiger charge is -2.19. The number of hydrogen-bond donors (Lipinski definition) is 2. The number of halogens is 2. The smallest absolute Gasteiger partial charge is 0.192 e. The number of guanidine groups is 1. The van der Waals surface area contributed by atoms with Gasteiger partial charge in [-0.2, -0.15) is 0 Å². The quantitative estimate of drug-likeness (QED) is 0.446. The van der Waals surface area contributed by atoms with Crippen LogP contribution in [0.2, 0.25) is 0 Å². The highest BCUT2D eigenvalue weighted by molar-refractivity contribution is 5.80. The van der Waals surface area contributed by atoms with Crippen LogP contribution in [0, 0.1) is 11.6 Å². The van der Waals surface area contributed by atoms with Crippen molar-refractivity contribution in [2.24, 2.45) is 4.99 Å². The summed E-state index contributed by atoms with van der Waals surface area (Å²) in [6, 6.07) is 11.6. The van der Waals surface area contributed by atoms with E-state index in [2.05, 4.69) is 56.9 Å². The van der Waals surface area contributed by atoms with Gasteiger partial charge in [0, 0.05) is 37.0 Å². The van der Waals surface area contributed by atoms with Gasteiger partial charge < -0.3 is 15.5 Å². The first-order valence-corrected chi connectivity index (χ1v) is 9.55. The predicted molar refractivity (Wildman–Crippen MR) is 111 cm³/mol. The number of hydrogen-bond acceptors (Lipinski definition) is 2. The zero-order valence-electron chi connectivity index (χ0n) is 16.3. The minimum absolute atomic E-state index is 0.344. The van der Waals surface area contributed by atoms with Crippen molar-refractivity contribution in [2.45, 2.75) is 26.4 Å². The molecule has 0 fully saturated rings. The maximum Gasteiger partial charge on any atom is 0.192 e. The Morgan fingerprint density at radius 3 is 2.46 bits per heavy atom. The van der Waals surface area contributed by atoms with Gasteiger partial charge in [-0.25, -0.2) is 13.8 Å². The van der Waals surface area contributed by atoms with Gasteiger partial charge >= 0.3 is 0 Å². The monoisotopic (exact) mass is 384 g/mol. The van der Waals surface area contributed by atoms with Gasteiger partial charge in [0.15, 0.2) is 5.96 Å². The van der Waals surface area contributed by atoms with E-state index in [1.807, 2.05) is 13.8 Å². The summed E-state index contributed by atoms with van der Waals surface area (Å²) in [5.74, 6) is -0.559. The standard InChI is InChI=1S/C22H26F2N4/c1-3-25-22(27-16(2)20-11-8-18(23)14-21(20)24)26-15-17-6-9-19(10-7-17)28-12-4-5-13-28/h4-11,14,16H,3,12-13,15H2,1-2H3,(H2,25,26,27). The maximum absolute atomic E-state index is 14.0. The van der Waals surface area contributed by atoms with Crippen molar-refractivity contribution in [3.05, 3.63) is 77.4 Å². The predicted octanol–water partition coefficient (Wildman–Crippen LogP) is 4.16. The molecule has 0 aromatic heterocycles. The van der Waals surface area contributed by atoms with Gasteiger partial charge in [0.2, 0.25) is 0 Å². The molecule has 4 nitrogen and oxygen atoms in total. The van der Waals surface area contributed by atoms with Crippen molar-refractivity contribution in [1.82, 2.24) is 10.6 Å². The van der Waals surface area contributed by atoms with Gasteiger partial charge in [0.05, 0.1) is 12.6 Å². The second kappa shape index (κ2) is 9.35. The van der Waals surface area contributed by atoms with E-state index in [0.717, 1.165) is 24.7 Å². The topological polar surface area (TPSA) is 39.7 Å². The molecule has 1 aliphatic rings. The summed E-state index contributed by atoms with van der Waals surface area (Å²) in [7, 11) is 0. The maximum atomic E-state index is 14.0. The minimum atomic E-state index is -0.581. The summed E-state index contributed by atoms with van der Waals surface area (Å²) in [4.78, 5) is 6.88. The molecule has 0 saturated carbocycles. The van der Waals surface area contributed by atoms with E-state index in [-0.39, 0.29) is 6.04 Å². The van der Waals surface area contributed by atoms with Crippen LogP contribution in [0.4, 0.5) is 14.5 Å². The van der Waals surface area contributed by atoms with Gasteiger partial charge in [-0.1, -0.05) is 30.4 Å². The Morgan fingerprint density at radius 1 is 1.11 bits per heavy atom. The Labute approximate surface area is 165 Å². The van der Waals surface area contributed by atoms with E-state index in [9.17, 15) is 8.78 Å². The Balaban J connectivity index is 1.64. The molecule has 1 aliphatic heterocycles. The Bertz CT molecular complexity index is 838. The van der Waals surface area contributed by atoms with E-state index >= 15 is 0 Å². The first-order valence-electron chi connectivity index (χ1n) is 9.55. The van der Waals surface area contributed by atoms with Crippen LogP contribution in [-0.4, -0.2) is 25.6 Å². The van der Waals surface area contributed by atoms with E-state index in [1.165, 1.54) is 17.8 Å². The third kappa shape index (κ3) is 5.09. The molecule has 0 radical (unpaired) electrons. The molecule has 1 unspecified atom stereocenters. The zero-order valence-corrected chi connectivity index (χ0v) is 16.3. The molecule has 1 atom stereocenters. The molecular weight excluding hydrogens is 358 g/mol. The van der Waals surface area contributed by atoms with Crippen molar-refractivity contribution >= 4 is 11.6 Å². The summed E-state index contributed by atoms with van der Waals surface area (Å²) in [5.41, 5.74) is 2.69. The van der Waals surface area contributed by atoms with Crippen LogP contribution in [0.15, 0.2) is 59.6 Å². The lowest BCUT2D eigenvalue weighted by molar-refractivity contribution is 0.551. The van der Waals surface area contributed by atoms with Gasteiger partial charge in [-0.05, 0) is 37.6 Å². The number of nitrogens with zero attached hydrogens (tertiary/aromatic N) is 2. The van der Waals surface area contributed by atoms with Crippen LogP contribution in [0.1, 0.15) is 31.0 Å². The fraction of sp³-hybridized carbons (Fsp3) is 0.318. The SMILES string of the molecule is CCNC(=NCc1ccc(N2CC=CC2)cc1)NC(C)c1ccc(F)cc1F. The molecule has 2 aromatic carbocycles. The Morgan fingerprint density at radius 2 is 1.82 bits per heavy atom. The molecule has 6 heteroatoms. The number of rotatable bonds is 6. The summed E-state index contributed by atoms with van der Waals surface area (Å²) in [5, 5.41) is 6.35. The van der Waals surface area contributed by atoms with Crippen LogP contribution in [0.5, 0.6) is 0 Å². The van der Waals surface area contributed by atoms with Crippen molar-refractivity contribution in [3.8, 4) is 0 Å². The minimum Gasteiger partial charge on any atom is -0.364 e. The van der Waals surface area contributed by atoms with E-state index < -0.39 is 11.6 Å². The average molecular weight is 384 g/mol. The van der Waals surface area contributed by atoms with E-state index in [1.54, 1.807) is 0 Å². The molecule has 1 heterocycles. The molecule has 0 aliphatic carbocycles. The van der Waals surface area contributed by atoms with Crippen LogP contribution in [-0.2, 0) is 6.54 Å². The van der Waals surface area contributed by atoms with E-state index in [4.69, 9.17) is 0 Å². The lowest BCUT2D eigenvalue weighted by atomic mass is 10.1. The molecule has 3 rings (SSSR count). The first kappa shape index (κ1) is 19.9. The molecule has 28 heavy (non-hydrogen) atoms. The highest BCUT2D eigenvalue weighted by Gasteiger charge is 2.13. The fourth-order valence-corrected chi connectivity index (χ4v) is 3.13. The normalized spacial score (nSPS) is 15.0.